The Kier molecular flexibility index (Phi) is 4.09. The lowest BCUT2D eigenvalue weighted by molar-refractivity contribution is 0.0922. The van der Waals surface area contributed by atoms with Crippen LogP contribution < -0.4 is 5.73 Å². The van der Waals surface area contributed by atoms with E-state index in [4.69, 9.17) is 5.73 Å². The molecule has 0 atom stereocenters. The number of hydrogen-bond acceptors (Lipinski definition) is 4. The fraction of sp³-hybridized carbons (Fsp3) is 0.571. The first-order valence-electron chi connectivity index (χ1n) is 6.82. The second-order valence-corrected chi connectivity index (χ2v) is 8.07. The summed E-state index contributed by atoms with van der Waals surface area (Å²) in [5, 5.41) is 0. The number of sulfonamides is 1. The molecule has 20 heavy (non-hydrogen) atoms. The first-order chi connectivity index (χ1) is 9.21. The predicted octanol–water partition coefficient (Wildman–Crippen LogP) is 1.37. The van der Waals surface area contributed by atoms with E-state index in [9.17, 15) is 8.42 Å². The third-order valence-electron chi connectivity index (χ3n) is 3.68. The van der Waals surface area contributed by atoms with Gasteiger partial charge in [-0.1, -0.05) is 6.07 Å². The smallest absolute Gasteiger partial charge is 0.243 e. The molecule has 1 aromatic carbocycles. The molecule has 2 rings (SSSR count). The number of benzene rings is 1. The number of piperazine rings is 1. The normalized spacial score (nSPS) is 19.1. The third kappa shape index (κ3) is 3.13. The summed E-state index contributed by atoms with van der Waals surface area (Å²) in [6, 6.07) is 6.48. The van der Waals surface area contributed by atoms with E-state index in [-0.39, 0.29) is 10.4 Å². The van der Waals surface area contributed by atoms with Gasteiger partial charge in [0.15, 0.2) is 0 Å². The molecule has 1 fully saturated rings. The summed E-state index contributed by atoms with van der Waals surface area (Å²) in [6.07, 6.45) is 0. The Hall–Kier alpha value is -1.11. The zero-order chi connectivity index (χ0) is 15.0. The molecule has 5 nitrogen and oxygen atoms in total. The van der Waals surface area contributed by atoms with E-state index in [0.717, 1.165) is 13.1 Å². The number of hydrogen-bond donors (Lipinski definition) is 1. The van der Waals surface area contributed by atoms with Crippen LogP contribution in [0.5, 0.6) is 0 Å². The fourth-order valence-electron chi connectivity index (χ4n) is 2.42. The van der Waals surface area contributed by atoms with Gasteiger partial charge in [-0.05, 0) is 39.0 Å². The quantitative estimate of drug-likeness (QED) is 0.837. The second-order valence-electron chi connectivity index (χ2n) is 6.13. The molecule has 0 bridgehead atoms. The molecule has 0 saturated carbocycles. The summed E-state index contributed by atoms with van der Waals surface area (Å²) >= 11 is 0. The molecule has 1 aromatic rings. The Balaban J connectivity index is 2.14. The van der Waals surface area contributed by atoms with Gasteiger partial charge in [0, 0.05) is 37.4 Å². The lowest BCUT2D eigenvalue weighted by atomic mass is 10.1. The maximum absolute atomic E-state index is 12.5. The van der Waals surface area contributed by atoms with Crippen LogP contribution in [0.25, 0.3) is 0 Å². The Bertz CT molecular complexity index is 570. The summed E-state index contributed by atoms with van der Waals surface area (Å²) in [7, 11) is -3.43. The summed E-state index contributed by atoms with van der Waals surface area (Å²) < 4.78 is 26.6. The van der Waals surface area contributed by atoms with Gasteiger partial charge < -0.3 is 5.73 Å². The minimum absolute atomic E-state index is 0.0764. The lowest BCUT2D eigenvalue weighted by Gasteiger charge is -2.41. The van der Waals surface area contributed by atoms with Crippen molar-refractivity contribution in [3.63, 3.8) is 0 Å². The van der Waals surface area contributed by atoms with Crippen LogP contribution in [0.4, 0.5) is 5.69 Å². The van der Waals surface area contributed by atoms with Crippen LogP contribution in [0.15, 0.2) is 29.2 Å². The molecule has 0 unspecified atom stereocenters. The van der Waals surface area contributed by atoms with Crippen molar-refractivity contribution >= 4 is 15.7 Å². The van der Waals surface area contributed by atoms with Crippen LogP contribution in [0.1, 0.15) is 20.8 Å². The van der Waals surface area contributed by atoms with E-state index in [1.165, 1.54) is 6.07 Å². The Morgan fingerprint density at radius 2 is 1.70 bits per heavy atom. The highest BCUT2D eigenvalue weighted by atomic mass is 32.2. The van der Waals surface area contributed by atoms with Crippen molar-refractivity contribution in [3.8, 4) is 0 Å². The van der Waals surface area contributed by atoms with Gasteiger partial charge >= 0.3 is 0 Å². The van der Waals surface area contributed by atoms with Gasteiger partial charge in [0.1, 0.15) is 0 Å². The molecule has 1 saturated heterocycles. The number of rotatable bonds is 2. The molecule has 0 radical (unpaired) electrons. The molecule has 1 aliphatic heterocycles. The highest BCUT2D eigenvalue weighted by Gasteiger charge is 2.32. The van der Waals surface area contributed by atoms with Crippen molar-refractivity contribution in [2.75, 3.05) is 31.9 Å². The van der Waals surface area contributed by atoms with Gasteiger partial charge in [-0.15, -0.1) is 0 Å². The average molecular weight is 297 g/mol. The first kappa shape index (κ1) is 15.3. The highest BCUT2D eigenvalue weighted by molar-refractivity contribution is 7.89. The Morgan fingerprint density at radius 1 is 1.10 bits per heavy atom. The maximum atomic E-state index is 12.5. The van der Waals surface area contributed by atoms with Crippen molar-refractivity contribution in [1.82, 2.24) is 9.21 Å². The first-order valence-corrected chi connectivity index (χ1v) is 8.26. The van der Waals surface area contributed by atoms with Crippen molar-refractivity contribution < 1.29 is 8.42 Å². The third-order valence-corrected chi connectivity index (χ3v) is 5.58. The number of anilines is 1. The van der Waals surface area contributed by atoms with E-state index in [2.05, 4.69) is 25.7 Å². The van der Waals surface area contributed by atoms with Gasteiger partial charge in [-0.2, -0.15) is 4.31 Å². The zero-order valence-electron chi connectivity index (χ0n) is 12.3. The van der Waals surface area contributed by atoms with Crippen LogP contribution in [0, 0.1) is 0 Å². The van der Waals surface area contributed by atoms with Crippen LogP contribution in [0.2, 0.25) is 0 Å². The van der Waals surface area contributed by atoms with E-state index < -0.39 is 10.0 Å². The number of nitrogen functional groups attached to an aromatic ring is 1. The average Bonchev–Trinajstić information content (AvgIpc) is 2.38. The van der Waals surface area contributed by atoms with Gasteiger partial charge in [0.05, 0.1) is 4.90 Å². The van der Waals surface area contributed by atoms with E-state index in [1.54, 1.807) is 22.5 Å². The lowest BCUT2D eigenvalue weighted by Crippen LogP contribution is -2.54. The van der Waals surface area contributed by atoms with E-state index in [1.807, 2.05) is 0 Å². The zero-order valence-corrected chi connectivity index (χ0v) is 13.2. The van der Waals surface area contributed by atoms with Gasteiger partial charge in [-0.3, -0.25) is 4.90 Å². The standard InChI is InChI=1S/C14H23N3O2S/c1-14(2,3)16-7-9-17(10-8-16)20(18,19)13-6-4-5-12(15)11-13/h4-6,11H,7-10,15H2,1-3H3. The van der Waals surface area contributed by atoms with Crippen LogP contribution >= 0.6 is 0 Å². The summed E-state index contributed by atoms with van der Waals surface area (Å²) in [4.78, 5) is 2.58. The number of nitrogens with two attached hydrogens (primary N) is 1. The minimum Gasteiger partial charge on any atom is -0.399 e. The van der Waals surface area contributed by atoms with Crippen molar-refractivity contribution in [2.45, 2.75) is 31.2 Å². The molecule has 1 aliphatic rings. The van der Waals surface area contributed by atoms with Crippen LogP contribution in [-0.4, -0.2) is 49.3 Å². The molecule has 0 amide bonds. The number of nitrogens with zero attached hydrogens (tertiary/aromatic N) is 2. The molecule has 0 aromatic heterocycles. The van der Waals surface area contributed by atoms with Gasteiger partial charge in [-0.25, -0.2) is 8.42 Å². The maximum Gasteiger partial charge on any atom is 0.243 e. The summed E-state index contributed by atoms with van der Waals surface area (Å²) in [5.41, 5.74) is 6.22. The largest absolute Gasteiger partial charge is 0.399 e. The van der Waals surface area contributed by atoms with Crippen molar-refractivity contribution in [2.24, 2.45) is 0 Å². The van der Waals surface area contributed by atoms with Crippen LogP contribution in [-0.2, 0) is 10.0 Å². The van der Waals surface area contributed by atoms with Gasteiger partial charge in [0.25, 0.3) is 0 Å². The predicted molar refractivity (Wildman–Crippen MR) is 80.9 cm³/mol. The second kappa shape index (κ2) is 5.35. The van der Waals surface area contributed by atoms with Crippen molar-refractivity contribution in [1.29, 1.82) is 0 Å². The fourth-order valence-corrected chi connectivity index (χ4v) is 3.90. The topological polar surface area (TPSA) is 66.6 Å². The monoisotopic (exact) mass is 297 g/mol. The molecule has 112 valence electrons. The molecular weight excluding hydrogens is 274 g/mol. The van der Waals surface area contributed by atoms with E-state index in [0.29, 0.717) is 18.8 Å². The molecular formula is C14H23N3O2S. The highest BCUT2D eigenvalue weighted by Crippen LogP contribution is 2.22. The summed E-state index contributed by atoms with van der Waals surface area (Å²) in [5.74, 6) is 0. The summed E-state index contributed by atoms with van der Waals surface area (Å²) in [6.45, 7) is 9.00. The van der Waals surface area contributed by atoms with Crippen LogP contribution in [0.3, 0.4) is 0 Å². The van der Waals surface area contributed by atoms with Gasteiger partial charge in [0.2, 0.25) is 10.0 Å². The Labute approximate surface area is 121 Å². The Morgan fingerprint density at radius 3 is 2.20 bits per heavy atom. The minimum atomic E-state index is -3.43. The molecule has 2 N–H and O–H groups in total. The molecule has 6 heteroatoms. The van der Waals surface area contributed by atoms with Crippen molar-refractivity contribution in [3.05, 3.63) is 24.3 Å². The van der Waals surface area contributed by atoms with E-state index >= 15 is 0 Å². The molecule has 1 heterocycles. The molecule has 0 aliphatic carbocycles. The SMILES string of the molecule is CC(C)(C)N1CCN(S(=O)(=O)c2cccc(N)c2)CC1. The molecule has 0 spiro atoms.